The van der Waals surface area contributed by atoms with Crippen molar-refractivity contribution >= 4 is 48.8 Å². The van der Waals surface area contributed by atoms with E-state index in [0.717, 1.165) is 38.0 Å². The molecule has 7 heteroatoms. The summed E-state index contributed by atoms with van der Waals surface area (Å²) in [5, 5.41) is 1.53. The van der Waals surface area contributed by atoms with Crippen LogP contribution in [0.4, 0.5) is 8.78 Å². The van der Waals surface area contributed by atoms with Crippen molar-refractivity contribution in [3.63, 3.8) is 0 Å². The molecule has 6 aromatic rings. The first kappa shape index (κ1) is 18.2. The Bertz CT molecular complexity index is 1630. The number of aromatic amines is 2. The van der Waals surface area contributed by atoms with Gasteiger partial charge in [-0.2, -0.15) is 0 Å². The van der Waals surface area contributed by atoms with E-state index in [1.807, 2.05) is 48.7 Å². The predicted octanol–water partition coefficient (Wildman–Crippen LogP) is 6.97. The van der Waals surface area contributed by atoms with Crippen molar-refractivity contribution in [2.24, 2.45) is 0 Å². The monoisotopic (exact) mass is 474 g/mol. The first-order valence-electron chi connectivity index (χ1n) is 9.59. The minimum Gasteiger partial charge on any atom is -0.360 e. The van der Waals surface area contributed by atoms with Crippen LogP contribution in [0.1, 0.15) is 0 Å². The molecule has 0 fully saturated rings. The van der Waals surface area contributed by atoms with Gasteiger partial charge >= 0.3 is 0 Å². The molecule has 0 saturated carbocycles. The smallest absolute Gasteiger partial charge is 0.160 e. The second kappa shape index (κ2) is 6.72. The fourth-order valence-electron chi connectivity index (χ4n) is 3.98. The second-order valence-electron chi connectivity index (χ2n) is 7.32. The Morgan fingerprint density at radius 1 is 0.677 bits per heavy atom. The lowest BCUT2D eigenvalue weighted by Gasteiger charge is -2.09. The molecule has 3 aromatic carbocycles. The molecule has 0 aliphatic carbocycles. The van der Waals surface area contributed by atoms with Gasteiger partial charge in [-0.3, -0.25) is 0 Å². The van der Waals surface area contributed by atoms with Gasteiger partial charge in [-0.05, 0) is 36.4 Å². The molecule has 0 aliphatic rings. The Morgan fingerprint density at radius 3 is 1.94 bits per heavy atom. The van der Waals surface area contributed by atoms with Crippen LogP contribution in [0.25, 0.3) is 55.4 Å². The highest BCUT2D eigenvalue weighted by Gasteiger charge is 2.20. The fraction of sp³-hybridized carbons (Fsp3) is 0. The first-order valence-corrected chi connectivity index (χ1v) is 10.4. The quantitative estimate of drug-likeness (QED) is 0.284. The fourth-order valence-corrected chi connectivity index (χ4v) is 4.34. The van der Waals surface area contributed by atoms with E-state index >= 15 is 0 Å². The number of hydrogen-bond donors (Lipinski definition) is 2. The Morgan fingerprint density at radius 2 is 1.26 bits per heavy atom. The lowest BCUT2D eigenvalue weighted by Crippen LogP contribution is -1.95. The zero-order valence-electron chi connectivity index (χ0n) is 15.9. The molecular weight excluding hydrogens is 462 g/mol. The van der Waals surface area contributed by atoms with E-state index in [2.05, 4.69) is 25.9 Å². The van der Waals surface area contributed by atoms with Crippen molar-refractivity contribution in [1.82, 2.24) is 19.9 Å². The molecular formula is C24H13BrF2N4. The molecule has 0 bridgehead atoms. The number of halogens is 3. The third kappa shape index (κ3) is 2.84. The Kier molecular flexibility index (Phi) is 3.94. The van der Waals surface area contributed by atoms with Crippen LogP contribution >= 0.6 is 15.9 Å². The molecule has 2 N–H and O–H groups in total. The highest BCUT2D eigenvalue weighted by Crippen LogP contribution is 2.38. The minimum absolute atomic E-state index is 0.497. The molecule has 6 rings (SSSR count). The largest absolute Gasteiger partial charge is 0.360 e. The zero-order chi connectivity index (χ0) is 21.1. The highest BCUT2D eigenvalue weighted by atomic mass is 79.9. The minimum atomic E-state index is -0.903. The number of aromatic nitrogens is 4. The maximum atomic E-state index is 14.1. The van der Waals surface area contributed by atoms with Crippen LogP contribution in [0.5, 0.6) is 0 Å². The molecule has 0 radical (unpaired) electrons. The summed E-state index contributed by atoms with van der Waals surface area (Å²) in [4.78, 5) is 16.1. The van der Waals surface area contributed by atoms with E-state index in [0.29, 0.717) is 27.9 Å². The molecule has 3 aromatic heterocycles. The van der Waals surface area contributed by atoms with Crippen molar-refractivity contribution in [2.45, 2.75) is 0 Å². The Hall–Kier alpha value is -3.58. The number of nitrogens with zero attached hydrogens (tertiary/aromatic N) is 2. The second-order valence-corrected chi connectivity index (χ2v) is 8.23. The number of H-pyrrole nitrogens is 2. The van der Waals surface area contributed by atoms with Gasteiger partial charge in [0.15, 0.2) is 11.6 Å². The van der Waals surface area contributed by atoms with Gasteiger partial charge in [0, 0.05) is 55.9 Å². The third-order valence-corrected chi connectivity index (χ3v) is 5.94. The first-order chi connectivity index (χ1) is 15.1. The van der Waals surface area contributed by atoms with Crippen LogP contribution in [-0.2, 0) is 0 Å². The van der Waals surface area contributed by atoms with E-state index in [-0.39, 0.29) is 0 Å². The van der Waals surface area contributed by atoms with Crippen molar-refractivity contribution in [3.8, 4) is 22.5 Å². The van der Waals surface area contributed by atoms with Gasteiger partial charge in [0.1, 0.15) is 0 Å². The molecule has 0 atom stereocenters. The summed E-state index contributed by atoms with van der Waals surface area (Å²) in [6, 6.07) is 15.9. The Balaban J connectivity index is 1.71. The summed E-state index contributed by atoms with van der Waals surface area (Å²) < 4.78 is 28.8. The summed E-state index contributed by atoms with van der Waals surface area (Å²) in [5.41, 5.74) is 5.73. The van der Waals surface area contributed by atoms with Crippen LogP contribution < -0.4 is 0 Å². The summed E-state index contributed by atoms with van der Waals surface area (Å²) in [6.07, 6.45) is 3.62. The number of nitrogens with one attached hydrogen (secondary N) is 2. The van der Waals surface area contributed by atoms with Gasteiger partial charge in [-0.25, -0.2) is 18.7 Å². The molecule has 150 valence electrons. The molecule has 31 heavy (non-hydrogen) atoms. The van der Waals surface area contributed by atoms with Gasteiger partial charge < -0.3 is 9.97 Å². The lowest BCUT2D eigenvalue weighted by molar-refractivity contribution is 0.511. The zero-order valence-corrected chi connectivity index (χ0v) is 17.5. The van der Waals surface area contributed by atoms with Crippen LogP contribution in [0.2, 0.25) is 0 Å². The highest BCUT2D eigenvalue weighted by molar-refractivity contribution is 9.10. The van der Waals surface area contributed by atoms with E-state index in [1.165, 1.54) is 6.07 Å². The molecule has 0 unspecified atom stereocenters. The van der Waals surface area contributed by atoms with Crippen molar-refractivity contribution < 1.29 is 8.78 Å². The lowest BCUT2D eigenvalue weighted by atomic mass is 10.0. The summed E-state index contributed by atoms with van der Waals surface area (Å²) in [7, 11) is 0. The third-order valence-electron chi connectivity index (χ3n) is 5.45. The van der Waals surface area contributed by atoms with Gasteiger partial charge in [0.05, 0.1) is 22.4 Å². The predicted molar refractivity (Wildman–Crippen MR) is 122 cm³/mol. The van der Waals surface area contributed by atoms with E-state index in [9.17, 15) is 8.78 Å². The maximum absolute atomic E-state index is 14.1. The molecule has 4 nitrogen and oxygen atoms in total. The number of benzene rings is 3. The molecule has 0 aliphatic heterocycles. The number of hydrogen-bond acceptors (Lipinski definition) is 2. The average molecular weight is 475 g/mol. The molecule has 0 saturated heterocycles. The van der Waals surface area contributed by atoms with Crippen molar-refractivity contribution in [3.05, 3.63) is 83.1 Å². The van der Waals surface area contributed by atoms with Crippen LogP contribution in [0.3, 0.4) is 0 Å². The summed E-state index contributed by atoms with van der Waals surface area (Å²) in [6.45, 7) is 0. The van der Waals surface area contributed by atoms with Crippen molar-refractivity contribution in [1.29, 1.82) is 0 Å². The topological polar surface area (TPSA) is 57.4 Å². The molecule has 3 heterocycles. The van der Waals surface area contributed by atoms with Crippen LogP contribution in [0, 0.1) is 11.6 Å². The summed E-state index contributed by atoms with van der Waals surface area (Å²) in [5.74, 6) is -1.80. The molecule has 0 spiro atoms. The van der Waals surface area contributed by atoms with Gasteiger partial charge in [0.2, 0.25) is 0 Å². The van der Waals surface area contributed by atoms with Crippen molar-refractivity contribution in [2.75, 3.05) is 0 Å². The maximum Gasteiger partial charge on any atom is 0.160 e. The van der Waals surface area contributed by atoms with Crippen LogP contribution in [-0.4, -0.2) is 19.9 Å². The number of rotatable bonds is 2. The average Bonchev–Trinajstić information content (AvgIpc) is 3.37. The summed E-state index contributed by atoms with van der Waals surface area (Å²) >= 11 is 3.54. The number of fused-ring (bicyclic) bond motifs is 3. The number of para-hydroxylation sites is 2. The SMILES string of the molecule is Fc1cc2[nH]cc(-c3nc4ccccc4nc3-c3c[nH]c4ccc(Br)cc34)c2cc1F. The van der Waals surface area contributed by atoms with E-state index < -0.39 is 11.6 Å². The van der Waals surface area contributed by atoms with Gasteiger partial charge in [-0.15, -0.1) is 0 Å². The van der Waals surface area contributed by atoms with Gasteiger partial charge in [-0.1, -0.05) is 28.1 Å². The molecule has 0 amide bonds. The Labute approximate surface area is 183 Å². The van der Waals surface area contributed by atoms with E-state index in [4.69, 9.17) is 9.97 Å². The van der Waals surface area contributed by atoms with Crippen LogP contribution in [0.15, 0.2) is 71.5 Å². The van der Waals surface area contributed by atoms with E-state index in [1.54, 1.807) is 6.20 Å². The van der Waals surface area contributed by atoms with Gasteiger partial charge in [0.25, 0.3) is 0 Å². The normalized spacial score (nSPS) is 11.7. The standard InChI is InChI=1S/C24H13BrF2N4/c25-12-5-6-19-13(7-12)15(10-28-19)23-24(31-21-4-2-1-3-20(21)30-23)16-11-29-22-9-18(27)17(26)8-14(16)22/h1-11,28-29H.